The quantitative estimate of drug-likeness (QED) is 0.858. The van der Waals surface area contributed by atoms with Gasteiger partial charge in [0.25, 0.3) is 0 Å². The Morgan fingerprint density at radius 3 is 1.96 bits per heavy atom. The molecule has 130 valence electrons. The van der Waals surface area contributed by atoms with Crippen LogP contribution in [0.3, 0.4) is 0 Å². The van der Waals surface area contributed by atoms with E-state index in [0.717, 1.165) is 0 Å². The molecule has 6 heteroatoms. The Labute approximate surface area is 144 Å². The first-order valence-electron chi connectivity index (χ1n) is 7.97. The van der Waals surface area contributed by atoms with E-state index in [-0.39, 0.29) is 6.61 Å². The molecule has 2 aromatic carbocycles. The molecule has 0 radical (unpaired) electrons. The minimum Gasteiger partial charge on any atom is -0.455 e. The lowest BCUT2D eigenvalue weighted by atomic mass is 10.1. The van der Waals surface area contributed by atoms with E-state index >= 15 is 0 Å². The number of esters is 2. The van der Waals surface area contributed by atoms with Crippen molar-refractivity contribution in [2.75, 3.05) is 6.61 Å². The van der Waals surface area contributed by atoms with Crippen LogP contribution < -0.4 is 0 Å². The average molecular weight is 342 g/mol. The summed E-state index contributed by atoms with van der Waals surface area (Å²) in [6, 6.07) is 16.9. The first kappa shape index (κ1) is 17.1. The lowest BCUT2D eigenvalue weighted by molar-refractivity contribution is -0.220. The molecule has 3 rings (SSSR count). The van der Waals surface area contributed by atoms with Crippen LogP contribution in [0.1, 0.15) is 27.1 Å². The molecular weight excluding hydrogens is 324 g/mol. The fourth-order valence-electron chi connectivity index (χ4n) is 2.55. The predicted molar refractivity (Wildman–Crippen MR) is 87.9 cm³/mol. The topological polar surface area (TPSA) is 82.1 Å². The fourth-order valence-corrected chi connectivity index (χ4v) is 2.55. The van der Waals surface area contributed by atoms with Crippen molar-refractivity contribution in [2.45, 2.75) is 24.9 Å². The molecule has 1 heterocycles. The van der Waals surface area contributed by atoms with Crippen molar-refractivity contribution in [1.29, 1.82) is 0 Å². The highest BCUT2D eigenvalue weighted by atomic mass is 16.7. The van der Waals surface area contributed by atoms with Gasteiger partial charge in [0, 0.05) is 6.42 Å². The second kappa shape index (κ2) is 7.92. The summed E-state index contributed by atoms with van der Waals surface area (Å²) < 4.78 is 15.9. The Balaban J connectivity index is 1.70. The van der Waals surface area contributed by atoms with Gasteiger partial charge in [-0.1, -0.05) is 36.4 Å². The van der Waals surface area contributed by atoms with Crippen LogP contribution in [-0.4, -0.2) is 42.1 Å². The summed E-state index contributed by atoms with van der Waals surface area (Å²) >= 11 is 0. The number of hydrogen-bond donors (Lipinski definition) is 1. The van der Waals surface area contributed by atoms with Crippen LogP contribution in [0.4, 0.5) is 0 Å². The van der Waals surface area contributed by atoms with Crippen molar-refractivity contribution >= 4 is 11.9 Å². The third kappa shape index (κ3) is 4.23. The van der Waals surface area contributed by atoms with E-state index in [1.807, 2.05) is 0 Å². The minimum atomic E-state index is -1.35. The van der Waals surface area contributed by atoms with Gasteiger partial charge in [-0.25, -0.2) is 9.59 Å². The van der Waals surface area contributed by atoms with Crippen molar-refractivity contribution in [2.24, 2.45) is 0 Å². The third-order valence-corrected chi connectivity index (χ3v) is 3.86. The van der Waals surface area contributed by atoms with Crippen molar-refractivity contribution in [3.05, 3.63) is 71.8 Å². The van der Waals surface area contributed by atoms with E-state index < -0.39 is 30.4 Å². The number of ether oxygens (including phenoxy) is 3. The highest BCUT2D eigenvalue weighted by molar-refractivity contribution is 5.90. The SMILES string of the molecule is O=C(O[C@@H]1[C@@H](OC(=O)c2ccccc2)CCO[C@@H]1O)c1ccccc1. The van der Waals surface area contributed by atoms with E-state index in [1.165, 1.54) is 0 Å². The van der Waals surface area contributed by atoms with Gasteiger partial charge in [0.05, 0.1) is 17.7 Å². The molecule has 0 aliphatic carbocycles. The Morgan fingerprint density at radius 2 is 1.40 bits per heavy atom. The molecule has 3 atom stereocenters. The van der Waals surface area contributed by atoms with Crippen molar-refractivity contribution in [3.8, 4) is 0 Å². The number of carbonyl (C=O) groups is 2. The summed E-state index contributed by atoms with van der Waals surface area (Å²) in [6.07, 6.45) is -2.91. The largest absolute Gasteiger partial charge is 0.455 e. The van der Waals surface area contributed by atoms with Gasteiger partial charge in [-0.05, 0) is 24.3 Å². The number of hydrogen-bond acceptors (Lipinski definition) is 6. The summed E-state index contributed by atoms with van der Waals surface area (Å²) in [6.45, 7) is 0.202. The molecule has 0 unspecified atom stereocenters. The lowest BCUT2D eigenvalue weighted by Gasteiger charge is -2.34. The summed E-state index contributed by atoms with van der Waals surface area (Å²) in [5.41, 5.74) is 0.727. The lowest BCUT2D eigenvalue weighted by Crippen LogP contribution is -2.49. The highest BCUT2D eigenvalue weighted by Crippen LogP contribution is 2.22. The first-order valence-corrected chi connectivity index (χ1v) is 7.97. The van der Waals surface area contributed by atoms with Crippen LogP contribution in [0.2, 0.25) is 0 Å². The Bertz CT molecular complexity index is 715. The fraction of sp³-hybridized carbons (Fsp3) is 0.263. The summed E-state index contributed by atoms with van der Waals surface area (Å²) in [7, 11) is 0. The summed E-state index contributed by atoms with van der Waals surface area (Å²) in [5, 5.41) is 10.0. The highest BCUT2D eigenvalue weighted by Gasteiger charge is 2.39. The van der Waals surface area contributed by atoms with Crippen molar-refractivity contribution in [1.82, 2.24) is 0 Å². The van der Waals surface area contributed by atoms with Crippen LogP contribution in [0.25, 0.3) is 0 Å². The van der Waals surface area contributed by atoms with Crippen LogP contribution in [0.5, 0.6) is 0 Å². The second-order valence-electron chi connectivity index (χ2n) is 5.60. The second-order valence-corrected chi connectivity index (χ2v) is 5.60. The molecule has 1 saturated heterocycles. The first-order chi connectivity index (χ1) is 12.1. The molecule has 0 bridgehead atoms. The molecule has 0 aromatic heterocycles. The number of carbonyl (C=O) groups excluding carboxylic acids is 2. The smallest absolute Gasteiger partial charge is 0.338 e. The van der Waals surface area contributed by atoms with Gasteiger partial charge in [0.15, 0.2) is 12.4 Å². The monoisotopic (exact) mass is 342 g/mol. The molecule has 0 saturated carbocycles. The van der Waals surface area contributed by atoms with Gasteiger partial charge in [-0.2, -0.15) is 0 Å². The molecule has 0 spiro atoms. The Morgan fingerprint density at radius 1 is 0.880 bits per heavy atom. The number of benzene rings is 2. The molecule has 1 N–H and O–H groups in total. The number of aliphatic hydroxyl groups excluding tert-OH is 1. The summed E-state index contributed by atoms with van der Waals surface area (Å²) in [5.74, 6) is -1.16. The summed E-state index contributed by atoms with van der Waals surface area (Å²) in [4.78, 5) is 24.5. The number of rotatable bonds is 4. The van der Waals surface area contributed by atoms with Gasteiger partial charge < -0.3 is 19.3 Å². The van der Waals surface area contributed by atoms with Crippen molar-refractivity contribution in [3.63, 3.8) is 0 Å². The van der Waals surface area contributed by atoms with Crippen LogP contribution in [0.15, 0.2) is 60.7 Å². The molecule has 2 aromatic rings. The van der Waals surface area contributed by atoms with E-state index in [4.69, 9.17) is 14.2 Å². The molecule has 1 aliphatic rings. The zero-order valence-electron chi connectivity index (χ0n) is 13.4. The van der Waals surface area contributed by atoms with Gasteiger partial charge >= 0.3 is 11.9 Å². The van der Waals surface area contributed by atoms with Gasteiger partial charge in [0.1, 0.15) is 6.10 Å². The molecule has 1 fully saturated rings. The maximum Gasteiger partial charge on any atom is 0.338 e. The molecule has 6 nitrogen and oxygen atoms in total. The average Bonchev–Trinajstić information content (AvgIpc) is 2.66. The zero-order valence-corrected chi connectivity index (χ0v) is 13.4. The predicted octanol–water partition coefficient (Wildman–Crippen LogP) is 2.18. The maximum atomic E-state index is 12.2. The molecule has 1 aliphatic heterocycles. The number of aliphatic hydroxyl groups is 1. The zero-order chi connectivity index (χ0) is 17.6. The standard InChI is InChI=1S/C19H18O6/c20-17(13-7-3-1-4-8-13)24-15-11-12-23-19(22)16(15)25-18(21)14-9-5-2-6-10-14/h1-10,15-16,19,22H,11-12H2/t15-,16+,19-/m0/s1. The molecule has 0 amide bonds. The van der Waals surface area contributed by atoms with Crippen molar-refractivity contribution < 1.29 is 28.9 Å². The van der Waals surface area contributed by atoms with E-state index in [2.05, 4.69) is 0 Å². The Kier molecular flexibility index (Phi) is 5.42. The minimum absolute atomic E-state index is 0.202. The van der Waals surface area contributed by atoms with Crippen LogP contribution in [-0.2, 0) is 14.2 Å². The maximum absolute atomic E-state index is 12.2. The van der Waals surface area contributed by atoms with Gasteiger partial charge in [-0.3, -0.25) is 0 Å². The van der Waals surface area contributed by atoms with Gasteiger partial charge in [0.2, 0.25) is 0 Å². The molecule has 25 heavy (non-hydrogen) atoms. The van der Waals surface area contributed by atoms with Gasteiger partial charge in [-0.15, -0.1) is 0 Å². The van der Waals surface area contributed by atoms with E-state index in [1.54, 1.807) is 60.7 Å². The molecular formula is C19H18O6. The normalized spacial score (nSPS) is 22.8. The van der Waals surface area contributed by atoms with Crippen LogP contribution >= 0.6 is 0 Å². The third-order valence-electron chi connectivity index (χ3n) is 3.86. The van der Waals surface area contributed by atoms with E-state index in [9.17, 15) is 14.7 Å². The Hall–Kier alpha value is -2.70. The van der Waals surface area contributed by atoms with Crippen LogP contribution in [0, 0.1) is 0 Å². The van der Waals surface area contributed by atoms with E-state index in [0.29, 0.717) is 17.5 Å².